The monoisotopic (exact) mass is 207 g/mol. The van der Waals surface area contributed by atoms with Gasteiger partial charge < -0.3 is 4.74 Å². The Labute approximate surface area is 90.3 Å². The zero-order chi connectivity index (χ0) is 10.7. The summed E-state index contributed by atoms with van der Waals surface area (Å²) in [5.74, 6) is 0. The van der Waals surface area contributed by atoms with E-state index >= 15 is 0 Å². The minimum Gasteiger partial charge on any atom is -0.383 e. The van der Waals surface area contributed by atoms with E-state index in [0.717, 1.165) is 26.1 Å². The first-order chi connectivity index (χ1) is 7.31. The van der Waals surface area contributed by atoms with Gasteiger partial charge in [0.25, 0.3) is 0 Å². The number of rotatable bonds is 3. The summed E-state index contributed by atoms with van der Waals surface area (Å²) in [6.45, 7) is 4.98. The summed E-state index contributed by atoms with van der Waals surface area (Å²) in [6.07, 6.45) is 4.58. The highest BCUT2D eigenvalue weighted by Crippen LogP contribution is 2.17. The van der Waals surface area contributed by atoms with Crippen molar-refractivity contribution in [2.24, 2.45) is 0 Å². The molecule has 0 aromatic carbocycles. The quantitative estimate of drug-likeness (QED) is 0.737. The fourth-order valence-corrected chi connectivity index (χ4v) is 2.01. The third-order valence-corrected chi connectivity index (χ3v) is 2.92. The Morgan fingerprint density at radius 3 is 3.27 bits per heavy atom. The van der Waals surface area contributed by atoms with Crippen LogP contribution in [0.4, 0.5) is 0 Å². The smallest absolute Gasteiger partial charge is 0.115 e. The molecule has 4 nitrogen and oxygen atoms in total. The molecule has 1 aliphatic heterocycles. The largest absolute Gasteiger partial charge is 0.383 e. The van der Waals surface area contributed by atoms with Crippen molar-refractivity contribution in [3.05, 3.63) is 23.8 Å². The van der Waals surface area contributed by atoms with Gasteiger partial charge in [0.05, 0.1) is 6.61 Å². The SMILES string of the molecule is COCC(C)N1CCc2ncncc2C1. The van der Waals surface area contributed by atoms with Crippen molar-refractivity contribution in [1.29, 1.82) is 0 Å². The lowest BCUT2D eigenvalue weighted by Gasteiger charge is -2.32. The zero-order valence-electron chi connectivity index (χ0n) is 9.31. The van der Waals surface area contributed by atoms with Crippen LogP contribution in [0, 0.1) is 0 Å². The van der Waals surface area contributed by atoms with Crippen molar-refractivity contribution in [2.45, 2.75) is 25.9 Å². The fraction of sp³-hybridized carbons (Fsp3) is 0.636. The molecule has 0 amide bonds. The molecule has 82 valence electrons. The van der Waals surface area contributed by atoms with Crippen LogP contribution >= 0.6 is 0 Å². The zero-order valence-corrected chi connectivity index (χ0v) is 9.31. The minimum atomic E-state index is 0.461. The second-order valence-corrected chi connectivity index (χ2v) is 4.02. The average Bonchev–Trinajstić information content (AvgIpc) is 2.29. The lowest BCUT2D eigenvalue weighted by Crippen LogP contribution is -2.40. The van der Waals surface area contributed by atoms with Gasteiger partial charge in [-0.05, 0) is 6.92 Å². The van der Waals surface area contributed by atoms with Gasteiger partial charge in [0.2, 0.25) is 0 Å². The lowest BCUT2D eigenvalue weighted by molar-refractivity contribution is 0.0903. The van der Waals surface area contributed by atoms with Crippen LogP contribution in [-0.2, 0) is 17.7 Å². The van der Waals surface area contributed by atoms with Gasteiger partial charge in [0, 0.05) is 50.1 Å². The van der Waals surface area contributed by atoms with E-state index < -0.39 is 0 Å². The van der Waals surface area contributed by atoms with Crippen LogP contribution in [0.15, 0.2) is 12.5 Å². The summed E-state index contributed by atoms with van der Waals surface area (Å²) in [5, 5.41) is 0. The molecule has 2 rings (SSSR count). The molecule has 0 radical (unpaired) electrons. The van der Waals surface area contributed by atoms with E-state index in [1.165, 1.54) is 11.3 Å². The van der Waals surface area contributed by atoms with Gasteiger partial charge in [-0.3, -0.25) is 4.90 Å². The maximum absolute atomic E-state index is 5.17. The van der Waals surface area contributed by atoms with Gasteiger partial charge in [0.1, 0.15) is 6.33 Å². The molecule has 1 aromatic heterocycles. The number of methoxy groups -OCH3 is 1. The molecule has 1 aromatic rings. The minimum absolute atomic E-state index is 0.461. The van der Waals surface area contributed by atoms with Crippen molar-refractivity contribution in [2.75, 3.05) is 20.3 Å². The molecule has 0 saturated heterocycles. The van der Waals surface area contributed by atoms with Gasteiger partial charge in [-0.25, -0.2) is 9.97 Å². The van der Waals surface area contributed by atoms with E-state index in [-0.39, 0.29) is 0 Å². The van der Waals surface area contributed by atoms with Crippen molar-refractivity contribution >= 4 is 0 Å². The van der Waals surface area contributed by atoms with Gasteiger partial charge in [-0.1, -0.05) is 0 Å². The summed E-state index contributed by atoms with van der Waals surface area (Å²) in [7, 11) is 1.75. The summed E-state index contributed by atoms with van der Waals surface area (Å²) >= 11 is 0. The van der Waals surface area contributed by atoms with E-state index in [1.54, 1.807) is 13.4 Å². The highest BCUT2D eigenvalue weighted by atomic mass is 16.5. The van der Waals surface area contributed by atoms with Crippen LogP contribution in [-0.4, -0.2) is 41.2 Å². The Hall–Kier alpha value is -1.00. The molecule has 2 heterocycles. The summed E-state index contributed by atoms with van der Waals surface area (Å²) in [6, 6.07) is 0.461. The standard InChI is InChI=1S/C11H17N3O/c1-9(7-15-2)14-4-3-11-10(6-14)5-12-8-13-11/h5,8-9H,3-4,6-7H2,1-2H3. The molecule has 0 N–H and O–H groups in total. The predicted molar refractivity (Wildman–Crippen MR) is 57.5 cm³/mol. The van der Waals surface area contributed by atoms with Crippen molar-refractivity contribution in [3.63, 3.8) is 0 Å². The Balaban J connectivity index is 2.05. The maximum atomic E-state index is 5.17. The molecule has 1 unspecified atom stereocenters. The van der Waals surface area contributed by atoms with Crippen LogP contribution in [0.2, 0.25) is 0 Å². The third kappa shape index (κ3) is 2.33. The number of hydrogen-bond acceptors (Lipinski definition) is 4. The second-order valence-electron chi connectivity index (χ2n) is 4.02. The number of hydrogen-bond donors (Lipinski definition) is 0. The van der Waals surface area contributed by atoms with Crippen LogP contribution in [0.25, 0.3) is 0 Å². The van der Waals surface area contributed by atoms with Crippen molar-refractivity contribution in [3.8, 4) is 0 Å². The van der Waals surface area contributed by atoms with E-state index in [4.69, 9.17) is 4.74 Å². The Morgan fingerprint density at radius 2 is 2.47 bits per heavy atom. The molecule has 1 atom stereocenters. The van der Waals surface area contributed by atoms with Crippen LogP contribution in [0.5, 0.6) is 0 Å². The van der Waals surface area contributed by atoms with Crippen molar-refractivity contribution < 1.29 is 4.74 Å². The molecule has 1 aliphatic rings. The van der Waals surface area contributed by atoms with Gasteiger partial charge in [-0.2, -0.15) is 0 Å². The lowest BCUT2D eigenvalue weighted by atomic mass is 10.1. The number of nitrogens with zero attached hydrogens (tertiary/aromatic N) is 3. The molecule has 0 fully saturated rings. The molecule has 0 saturated carbocycles. The maximum Gasteiger partial charge on any atom is 0.115 e. The topological polar surface area (TPSA) is 38.2 Å². The highest BCUT2D eigenvalue weighted by molar-refractivity contribution is 5.18. The van der Waals surface area contributed by atoms with Gasteiger partial charge in [-0.15, -0.1) is 0 Å². The summed E-state index contributed by atoms with van der Waals surface area (Å²) in [5.41, 5.74) is 2.46. The van der Waals surface area contributed by atoms with Crippen LogP contribution in [0.3, 0.4) is 0 Å². The highest BCUT2D eigenvalue weighted by Gasteiger charge is 2.21. The first-order valence-electron chi connectivity index (χ1n) is 5.32. The molecule has 0 bridgehead atoms. The van der Waals surface area contributed by atoms with E-state index in [2.05, 4.69) is 21.8 Å². The Morgan fingerprint density at radius 1 is 1.60 bits per heavy atom. The fourth-order valence-electron chi connectivity index (χ4n) is 2.01. The average molecular weight is 207 g/mol. The number of ether oxygens (including phenoxy) is 1. The summed E-state index contributed by atoms with van der Waals surface area (Å²) < 4.78 is 5.17. The Bertz CT molecular complexity index is 329. The first kappa shape index (κ1) is 10.5. The third-order valence-electron chi connectivity index (χ3n) is 2.92. The predicted octanol–water partition coefficient (Wildman–Crippen LogP) is 0.870. The molecule has 4 heteroatoms. The van der Waals surface area contributed by atoms with Gasteiger partial charge in [0.15, 0.2) is 0 Å². The molecule has 0 spiro atoms. The second kappa shape index (κ2) is 4.68. The molecular formula is C11H17N3O. The van der Waals surface area contributed by atoms with E-state index in [1.807, 2.05) is 6.20 Å². The van der Waals surface area contributed by atoms with Crippen molar-refractivity contribution in [1.82, 2.24) is 14.9 Å². The molecule has 15 heavy (non-hydrogen) atoms. The summed E-state index contributed by atoms with van der Waals surface area (Å²) in [4.78, 5) is 10.8. The normalized spacial score (nSPS) is 18.5. The molecule has 0 aliphatic carbocycles. The number of aromatic nitrogens is 2. The number of fused-ring (bicyclic) bond motifs is 1. The Kier molecular flexibility index (Phi) is 3.28. The van der Waals surface area contributed by atoms with Gasteiger partial charge >= 0.3 is 0 Å². The van der Waals surface area contributed by atoms with Crippen LogP contribution in [0.1, 0.15) is 18.2 Å². The van der Waals surface area contributed by atoms with E-state index in [0.29, 0.717) is 6.04 Å². The van der Waals surface area contributed by atoms with E-state index in [9.17, 15) is 0 Å². The van der Waals surface area contributed by atoms with Crippen LogP contribution < -0.4 is 0 Å². The molecular weight excluding hydrogens is 190 g/mol. The first-order valence-corrected chi connectivity index (χ1v) is 5.32.